The van der Waals surface area contributed by atoms with Crippen molar-refractivity contribution < 1.29 is 0 Å². The normalized spacial score (nSPS) is 39.6. The molecule has 0 aromatic carbocycles. The maximum atomic E-state index is 2.54. The minimum atomic E-state index is 0.571. The van der Waals surface area contributed by atoms with Gasteiger partial charge in [0, 0.05) is 0 Å². The van der Waals surface area contributed by atoms with Crippen LogP contribution in [0.2, 0.25) is 11.1 Å². The van der Waals surface area contributed by atoms with E-state index in [0.29, 0.717) is 10.7 Å². The highest BCUT2D eigenvalue weighted by molar-refractivity contribution is 6.41. The second-order valence-electron chi connectivity index (χ2n) is 8.33. The molecule has 0 N–H and O–H groups in total. The summed E-state index contributed by atoms with van der Waals surface area (Å²) in [4.78, 5) is 0. The fourth-order valence-electron chi connectivity index (χ4n) is 5.01. The van der Waals surface area contributed by atoms with Gasteiger partial charge in [0.2, 0.25) is 0 Å². The van der Waals surface area contributed by atoms with Crippen LogP contribution < -0.4 is 0 Å². The topological polar surface area (TPSA) is 0 Å². The summed E-state index contributed by atoms with van der Waals surface area (Å²) in [6.45, 7) is 14.8. The third kappa shape index (κ3) is 2.31. The van der Waals surface area contributed by atoms with Crippen molar-refractivity contribution in [3.8, 4) is 0 Å². The Labute approximate surface area is 109 Å². The van der Waals surface area contributed by atoms with Crippen LogP contribution in [0.1, 0.15) is 67.2 Å². The number of hydrogen-bond acceptors (Lipinski definition) is 0. The molecule has 0 aliphatic heterocycles. The predicted octanol–water partition coefficient (Wildman–Crippen LogP) is 4.91. The highest BCUT2D eigenvalue weighted by atomic mass is 14.6. The Morgan fingerprint density at radius 3 is 2.35 bits per heavy atom. The number of fused-ring (bicyclic) bond motifs is 2. The van der Waals surface area contributed by atoms with Crippen molar-refractivity contribution in [3.05, 3.63) is 0 Å². The molecule has 4 atom stereocenters. The van der Waals surface area contributed by atoms with E-state index in [1.165, 1.54) is 33.0 Å². The van der Waals surface area contributed by atoms with E-state index in [9.17, 15) is 0 Å². The second kappa shape index (κ2) is 4.32. The van der Waals surface area contributed by atoms with E-state index in [0.717, 1.165) is 23.6 Å². The average Bonchev–Trinajstić information content (AvgIpc) is 2.19. The second-order valence-corrected chi connectivity index (χ2v) is 8.33. The smallest absolute Gasteiger partial charge is 0.0668 e. The summed E-state index contributed by atoms with van der Waals surface area (Å²) in [5.41, 5.74) is 0.658. The Bertz CT molecular complexity index is 279. The van der Waals surface area contributed by atoms with Crippen LogP contribution in [0, 0.1) is 23.2 Å². The monoisotopic (exact) mass is 234 g/mol. The van der Waals surface area contributed by atoms with Crippen LogP contribution in [-0.4, -0.2) is 7.28 Å². The Morgan fingerprint density at radius 2 is 1.88 bits per heavy atom. The standard InChI is InChI=1S/C16H31B/c1-7-8-15(3,4)17-14-10-12-9-13(11(14)2)16(12,5)6/h11-14,17H,7-10H2,1-6H3. The van der Waals surface area contributed by atoms with Crippen molar-refractivity contribution in [2.75, 3.05) is 0 Å². The van der Waals surface area contributed by atoms with Gasteiger partial charge in [0.05, 0.1) is 0 Å². The first-order valence-corrected chi connectivity index (χ1v) is 7.78. The van der Waals surface area contributed by atoms with Crippen LogP contribution in [0.5, 0.6) is 0 Å². The molecule has 4 unspecified atom stereocenters. The lowest BCUT2D eigenvalue weighted by molar-refractivity contribution is -0.0989. The molecule has 0 amide bonds. The first-order chi connectivity index (χ1) is 7.78. The highest BCUT2D eigenvalue weighted by Crippen LogP contribution is 2.65. The first-order valence-electron chi connectivity index (χ1n) is 7.78. The van der Waals surface area contributed by atoms with Crippen molar-refractivity contribution in [2.24, 2.45) is 23.2 Å². The molecule has 0 heterocycles. The minimum absolute atomic E-state index is 0.571. The van der Waals surface area contributed by atoms with Crippen LogP contribution in [0.15, 0.2) is 0 Å². The summed E-state index contributed by atoms with van der Waals surface area (Å²) in [6, 6.07) is 0. The molecule has 2 bridgehead atoms. The van der Waals surface area contributed by atoms with E-state index in [1.54, 1.807) is 0 Å². The van der Waals surface area contributed by atoms with Gasteiger partial charge < -0.3 is 0 Å². The van der Waals surface area contributed by atoms with Crippen LogP contribution >= 0.6 is 0 Å². The summed E-state index contributed by atoms with van der Waals surface area (Å²) in [6.07, 6.45) is 5.78. The molecule has 0 spiro atoms. The van der Waals surface area contributed by atoms with Gasteiger partial charge in [-0.1, -0.05) is 71.9 Å². The molecule has 3 fully saturated rings. The predicted molar refractivity (Wildman–Crippen MR) is 79.0 cm³/mol. The summed E-state index contributed by atoms with van der Waals surface area (Å²) in [5, 5.41) is 0.571. The van der Waals surface area contributed by atoms with Gasteiger partial charge in [0.25, 0.3) is 0 Å². The molecule has 0 aromatic rings. The molecule has 0 saturated heterocycles. The molecule has 3 aliphatic rings. The lowest BCUT2D eigenvalue weighted by Gasteiger charge is -2.63. The van der Waals surface area contributed by atoms with Gasteiger partial charge in [-0.25, -0.2) is 0 Å². The van der Waals surface area contributed by atoms with Crippen molar-refractivity contribution >= 4 is 7.28 Å². The van der Waals surface area contributed by atoms with E-state index >= 15 is 0 Å². The van der Waals surface area contributed by atoms with E-state index in [2.05, 4.69) is 41.5 Å². The van der Waals surface area contributed by atoms with Gasteiger partial charge in [-0.15, -0.1) is 0 Å². The SMILES string of the molecule is CCCC(C)(C)BC1CC2CC(C1C)C2(C)C. The van der Waals surface area contributed by atoms with Crippen LogP contribution in [0.3, 0.4) is 0 Å². The summed E-state index contributed by atoms with van der Waals surface area (Å²) in [7, 11) is 1.46. The fraction of sp³-hybridized carbons (Fsp3) is 1.00. The third-order valence-electron chi connectivity index (χ3n) is 6.25. The third-order valence-corrected chi connectivity index (χ3v) is 6.25. The van der Waals surface area contributed by atoms with Gasteiger partial charge >= 0.3 is 0 Å². The lowest BCUT2D eigenvalue weighted by Crippen LogP contribution is -2.54. The van der Waals surface area contributed by atoms with Crippen molar-refractivity contribution in [3.63, 3.8) is 0 Å². The first kappa shape index (κ1) is 13.5. The minimum Gasteiger partial charge on any atom is -0.0668 e. The van der Waals surface area contributed by atoms with E-state index in [4.69, 9.17) is 0 Å². The molecule has 3 saturated carbocycles. The van der Waals surface area contributed by atoms with Crippen LogP contribution in [0.25, 0.3) is 0 Å². The largest absolute Gasteiger partial charge is 0.131 e. The Balaban J connectivity index is 1.97. The van der Waals surface area contributed by atoms with E-state index < -0.39 is 0 Å². The molecule has 17 heavy (non-hydrogen) atoms. The number of hydrogen-bond donors (Lipinski definition) is 0. The molecule has 0 aromatic heterocycles. The zero-order valence-electron chi connectivity index (χ0n) is 12.8. The van der Waals surface area contributed by atoms with Gasteiger partial charge in [0.15, 0.2) is 0 Å². The van der Waals surface area contributed by atoms with Crippen molar-refractivity contribution in [1.82, 2.24) is 0 Å². The Morgan fingerprint density at radius 1 is 1.24 bits per heavy atom. The average molecular weight is 234 g/mol. The Kier molecular flexibility index (Phi) is 3.43. The van der Waals surface area contributed by atoms with Gasteiger partial charge in [-0.2, -0.15) is 0 Å². The zero-order valence-corrected chi connectivity index (χ0v) is 12.8. The van der Waals surface area contributed by atoms with Gasteiger partial charge in [0.1, 0.15) is 7.28 Å². The molecule has 0 radical (unpaired) electrons. The summed E-state index contributed by atoms with van der Waals surface area (Å²) < 4.78 is 0. The van der Waals surface area contributed by atoms with Gasteiger partial charge in [-0.05, 0) is 29.6 Å². The molecule has 1 heteroatoms. The molecule has 3 aliphatic carbocycles. The number of rotatable bonds is 4. The quantitative estimate of drug-likeness (QED) is 0.606. The van der Waals surface area contributed by atoms with Crippen LogP contribution in [-0.2, 0) is 0 Å². The van der Waals surface area contributed by atoms with Crippen molar-refractivity contribution in [2.45, 2.75) is 78.4 Å². The van der Waals surface area contributed by atoms with Gasteiger partial charge in [-0.3, -0.25) is 0 Å². The Hall–Kier alpha value is 0.0649. The van der Waals surface area contributed by atoms with E-state index in [1.807, 2.05) is 0 Å². The van der Waals surface area contributed by atoms with E-state index in [-0.39, 0.29) is 0 Å². The van der Waals surface area contributed by atoms with Crippen molar-refractivity contribution in [1.29, 1.82) is 0 Å². The fourth-order valence-corrected chi connectivity index (χ4v) is 5.01. The maximum Gasteiger partial charge on any atom is 0.131 e. The molecular formula is C16H31B. The molecule has 3 rings (SSSR count). The summed E-state index contributed by atoms with van der Waals surface area (Å²) >= 11 is 0. The summed E-state index contributed by atoms with van der Waals surface area (Å²) in [5.74, 6) is 4.02. The molecular weight excluding hydrogens is 203 g/mol. The van der Waals surface area contributed by atoms with Crippen LogP contribution in [0.4, 0.5) is 0 Å². The lowest BCUT2D eigenvalue weighted by atomic mass is 9.33. The molecule has 0 nitrogen and oxygen atoms in total. The zero-order chi connectivity index (χ0) is 12.8. The highest BCUT2D eigenvalue weighted by Gasteiger charge is 2.56. The molecule has 98 valence electrons. The maximum absolute atomic E-state index is 2.54.